The lowest BCUT2D eigenvalue weighted by Crippen LogP contribution is -2.37. The average molecular weight is 240 g/mol. The van der Waals surface area contributed by atoms with Gasteiger partial charge in [-0.2, -0.15) is 0 Å². The number of hydroxylamine groups is 1. The molecule has 0 unspecified atom stereocenters. The Morgan fingerprint density at radius 2 is 1.28 bits per heavy atom. The van der Waals surface area contributed by atoms with E-state index >= 15 is 0 Å². The van der Waals surface area contributed by atoms with Crippen LogP contribution in [0.4, 0.5) is 5.69 Å². The molecule has 18 heavy (non-hydrogen) atoms. The number of hydrogen-bond acceptors (Lipinski definition) is 1. The zero-order valence-electron chi connectivity index (χ0n) is 11.1. The Morgan fingerprint density at radius 3 is 1.78 bits per heavy atom. The van der Waals surface area contributed by atoms with Gasteiger partial charge in [0.1, 0.15) is 0 Å². The molecule has 0 fully saturated rings. The van der Waals surface area contributed by atoms with Gasteiger partial charge in [-0.3, -0.25) is 0 Å². The molecule has 0 saturated carbocycles. The summed E-state index contributed by atoms with van der Waals surface area (Å²) in [6.07, 6.45) is 0. The van der Waals surface area contributed by atoms with E-state index in [1.807, 2.05) is 63.2 Å². The van der Waals surface area contributed by atoms with Crippen LogP contribution in [-0.4, -0.2) is 5.54 Å². The second-order valence-corrected chi connectivity index (χ2v) is 5.38. The van der Waals surface area contributed by atoms with Crippen LogP contribution in [0.1, 0.15) is 20.8 Å². The van der Waals surface area contributed by atoms with Gasteiger partial charge in [-0.05, 0) is 44.0 Å². The molecule has 0 amide bonds. The summed E-state index contributed by atoms with van der Waals surface area (Å²) in [7, 11) is 0. The molecule has 2 aromatic carbocycles. The smallest absolute Gasteiger partial charge is 0.0674 e. The third kappa shape index (κ3) is 2.71. The normalized spacial score (nSPS) is 11.3. The van der Waals surface area contributed by atoms with Gasteiger partial charge in [0, 0.05) is 0 Å². The molecular weight excluding hydrogens is 222 g/mol. The summed E-state index contributed by atoms with van der Waals surface area (Å²) in [5.74, 6) is 0. The van der Waals surface area contributed by atoms with Crippen LogP contribution in [0.5, 0.6) is 0 Å². The molecule has 0 N–H and O–H groups in total. The van der Waals surface area contributed by atoms with Gasteiger partial charge in [0.25, 0.3) is 0 Å². The Balaban J connectivity index is 2.26. The van der Waals surface area contributed by atoms with Gasteiger partial charge in [-0.1, -0.05) is 47.7 Å². The van der Waals surface area contributed by atoms with Crippen molar-refractivity contribution in [3.05, 3.63) is 54.6 Å². The molecule has 1 radical (unpaired) electrons. The highest BCUT2D eigenvalue weighted by molar-refractivity contribution is 5.66. The molecule has 0 aliphatic heterocycles. The SMILES string of the molecule is CC(C)(C)N([O])c1ccc(-c2ccccc2)cc1. The van der Waals surface area contributed by atoms with Crippen molar-refractivity contribution in [3.63, 3.8) is 0 Å². The average Bonchev–Trinajstić information content (AvgIpc) is 2.38. The minimum absolute atomic E-state index is 0.408. The van der Waals surface area contributed by atoms with E-state index in [1.165, 1.54) is 0 Å². The van der Waals surface area contributed by atoms with Gasteiger partial charge < -0.3 is 0 Å². The van der Waals surface area contributed by atoms with Gasteiger partial charge in [0.2, 0.25) is 0 Å². The molecule has 0 atom stereocenters. The first-order valence-electron chi connectivity index (χ1n) is 6.11. The molecule has 2 rings (SSSR count). The minimum atomic E-state index is -0.408. The van der Waals surface area contributed by atoms with Gasteiger partial charge >= 0.3 is 0 Å². The fourth-order valence-electron chi connectivity index (χ4n) is 1.81. The lowest BCUT2D eigenvalue weighted by molar-refractivity contribution is 0.102. The third-order valence-electron chi connectivity index (χ3n) is 2.82. The fraction of sp³-hybridized carbons (Fsp3) is 0.250. The van der Waals surface area contributed by atoms with Crippen molar-refractivity contribution in [3.8, 4) is 11.1 Å². The largest absolute Gasteiger partial charge is 0.215 e. The minimum Gasteiger partial charge on any atom is -0.215 e. The maximum absolute atomic E-state index is 12.0. The Morgan fingerprint density at radius 1 is 0.778 bits per heavy atom. The van der Waals surface area contributed by atoms with Crippen LogP contribution < -0.4 is 5.06 Å². The molecule has 0 aliphatic carbocycles. The second kappa shape index (κ2) is 4.83. The summed E-state index contributed by atoms with van der Waals surface area (Å²) in [5, 5.41) is 13.1. The van der Waals surface area contributed by atoms with E-state index in [2.05, 4.69) is 12.1 Å². The molecule has 0 heterocycles. The Hall–Kier alpha value is -1.80. The van der Waals surface area contributed by atoms with E-state index in [0.717, 1.165) is 16.2 Å². The molecule has 2 nitrogen and oxygen atoms in total. The molecule has 2 heteroatoms. The summed E-state index contributed by atoms with van der Waals surface area (Å²) in [5.41, 5.74) is 2.58. The van der Waals surface area contributed by atoms with E-state index in [-0.39, 0.29) is 0 Å². The van der Waals surface area contributed by atoms with E-state index in [1.54, 1.807) is 0 Å². The Bertz CT molecular complexity index is 497. The van der Waals surface area contributed by atoms with Gasteiger partial charge in [0.05, 0.1) is 11.2 Å². The lowest BCUT2D eigenvalue weighted by atomic mass is 10.0. The molecule has 2 aromatic rings. The van der Waals surface area contributed by atoms with E-state index in [4.69, 9.17) is 0 Å². The van der Waals surface area contributed by atoms with Crippen LogP contribution in [0.3, 0.4) is 0 Å². The van der Waals surface area contributed by atoms with Crippen molar-refractivity contribution >= 4 is 5.69 Å². The van der Waals surface area contributed by atoms with Crippen LogP contribution in [0.15, 0.2) is 54.6 Å². The van der Waals surface area contributed by atoms with Crippen molar-refractivity contribution in [2.75, 3.05) is 5.06 Å². The fourth-order valence-corrected chi connectivity index (χ4v) is 1.81. The topological polar surface area (TPSA) is 23.1 Å². The standard InChI is InChI=1S/C16H18NO/c1-16(2,3)17(18)15-11-9-14(10-12-15)13-7-5-4-6-8-13/h4-12H,1-3H3. The van der Waals surface area contributed by atoms with Crippen molar-refractivity contribution in [1.29, 1.82) is 0 Å². The maximum atomic E-state index is 12.0. The summed E-state index contributed by atoms with van der Waals surface area (Å²) in [6.45, 7) is 5.72. The monoisotopic (exact) mass is 240 g/mol. The predicted octanol–water partition coefficient (Wildman–Crippen LogP) is 4.30. The molecule has 0 bridgehead atoms. The highest BCUT2D eigenvalue weighted by atomic mass is 16.5. The first-order valence-corrected chi connectivity index (χ1v) is 6.11. The summed E-state index contributed by atoms with van der Waals surface area (Å²) in [6, 6.07) is 17.9. The van der Waals surface area contributed by atoms with E-state index < -0.39 is 5.54 Å². The molecule has 93 valence electrons. The lowest BCUT2D eigenvalue weighted by Gasteiger charge is -2.28. The van der Waals surface area contributed by atoms with Gasteiger partial charge in [0.15, 0.2) is 0 Å². The molecule has 0 saturated heterocycles. The van der Waals surface area contributed by atoms with Crippen LogP contribution in [0, 0.1) is 0 Å². The number of rotatable bonds is 2. The van der Waals surface area contributed by atoms with Crippen molar-refractivity contribution in [2.45, 2.75) is 26.3 Å². The Kier molecular flexibility index (Phi) is 3.39. The van der Waals surface area contributed by atoms with Crippen LogP contribution in [-0.2, 0) is 5.21 Å². The molecule has 0 aromatic heterocycles. The van der Waals surface area contributed by atoms with Gasteiger partial charge in [-0.15, -0.1) is 0 Å². The quantitative estimate of drug-likeness (QED) is 0.717. The van der Waals surface area contributed by atoms with E-state index in [9.17, 15) is 5.21 Å². The molecular formula is C16H18NO. The van der Waals surface area contributed by atoms with Crippen LogP contribution in [0.25, 0.3) is 11.1 Å². The Labute approximate surface area is 108 Å². The second-order valence-electron chi connectivity index (χ2n) is 5.38. The van der Waals surface area contributed by atoms with Crippen LogP contribution >= 0.6 is 0 Å². The predicted molar refractivity (Wildman–Crippen MR) is 74.8 cm³/mol. The van der Waals surface area contributed by atoms with Crippen molar-refractivity contribution in [2.24, 2.45) is 0 Å². The highest BCUT2D eigenvalue weighted by Gasteiger charge is 2.21. The van der Waals surface area contributed by atoms with Crippen molar-refractivity contribution in [1.82, 2.24) is 0 Å². The maximum Gasteiger partial charge on any atom is 0.0674 e. The highest BCUT2D eigenvalue weighted by Crippen LogP contribution is 2.26. The summed E-state index contributed by atoms with van der Waals surface area (Å²) in [4.78, 5) is 0. The first kappa shape index (κ1) is 12.7. The zero-order valence-corrected chi connectivity index (χ0v) is 11.1. The number of nitrogens with zero attached hydrogens (tertiary/aromatic N) is 1. The first-order chi connectivity index (χ1) is 8.48. The molecule has 0 spiro atoms. The third-order valence-corrected chi connectivity index (χ3v) is 2.82. The summed E-state index contributed by atoms with van der Waals surface area (Å²) >= 11 is 0. The number of anilines is 1. The zero-order chi connectivity index (χ0) is 13.2. The van der Waals surface area contributed by atoms with Crippen molar-refractivity contribution < 1.29 is 5.21 Å². The summed E-state index contributed by atoms with van der Waals surface area (Å²) < 4.78 is 0. The van der Waals surface area contributed by atoms with Crippen LogP contribution in [0.2, 0.25) is 0 Å². The number of benzene rings is 2. The van der Waals surface area contributed by atoms with Gasteiger partial charge in [-0.25, -0.2) is 5.06 Å². The molecule has 0 aliphatic rings. The van der Waals surface area contributed by atoms with E-state index in [0.29, 0.717) is 5.69 Å². The number of hydrogen-bond donors (Lipinski definition) is 0.